The van der Waals surface area contributed by atoms with E-state index in [2.05, 4.69) is 14.7 Å². The van der Waals surface area contributed by atoms with Crippen LogP contribution in [-0.2, 0) is 14.8 Å². The van der Waals surface area contributed by atoms with Crippen molar-refractivity contribution < 1.29 is 13.2 Å². The summed E-state index contributed by atoms with van der Waals surface area (Å²) in [6, 6.07) is 25.6. The van der Waals surface area contributed by atoms with Gasteiger partial charge in [0.05, 0.1) is 16.8 Å². The first kappa shape index (κ1) is 19.3. The molecule has 1 atom stereocenters. The van der Waals surface area contributed by atoms with Gasteiger partial charge < -0.3 is 4.74 Å². The van der Waals surface area contributed by atoms with Crippen LogP contribution in [0.2, 0.25) is 0 Å². The van der Waals surface area contributed by atoms with Crippen LogP contribution in [-0.4, -0.2) is 25.9 Å². The molecule has 0 unspecified atom stereocenters. The van der Waals surface area contributed by atoms with Gasteiger partial charge in [-0.05, 0) is 29.8 Å². The van der Waals surface area contributed by atoms with Crippen LogP contribution in [0, 0.1) is 0 Å². The second-order valence-corrected chi connectivity index (χ2v) is 8.80. The molecule has 7 heteroatoms. The van der Waals surface area contributed by atoms with Gasteiger partial charge in [-0.2, -0.15) is 0 Å². The number of sulfonamides is 1. The SMILES string of the molecule is O=S(=O)(Nc1ccccc1C1=N[C@H](c2ccccc2)CO1)c1cccc2cccnc12. The van der Waals surface area contributed by atoms with Gasteiger partial charge in [0, 0.05) is 11.6 Å². The number of nitrogens with one attached hydrogen (secondary N) is 1. The number of benzene rings is 3. The molecule has 5 rings (SSSR count). The Morgan fingerprint density at radius 1 is 0.871 bits per heavy atom. The number of para-hydroxylation sites is 2. The zero-order valence-electron chi connectivity index (χ0n) is 16.5. The fourth-order valence-electron chi connectivity index (χ4n) is 3.62. The van der Waals surface area contributed by atoms with Crippen LogP contribution in [0.15, 0.2) is 101 Å². The van der Waals surface area contributed by atoms with Gasteiger partial charge in [-0.3, -0.25) is 9.71 Å². The van der Waals surface area contributed by atoms with E-state index < -0.39 is 10.0 Å². The lowest BCUT2D eigenvalue weighted by atomic mass is 10.1. The average Bonchev–Trinajstić information content (AvgIpc) is 3.29. The number of hydrogen-bond acceptors (Lipinski definition) is 5. The molecule has 154 valence electrons. The Bertz CT molecular complexity index is 1380. The topological polar surface area (TPSA) is 80.7 Å². The summed E-state index contributed by atoms with van der Waals surface area (Å²) in [5.74, 6) is 0.420. The molecule has 1 aromatic heterocycles. The van der Waals surface area contributed by atoms with Crippen molar-refractivity contribution in [2.75, 3.05) is 11.3 Å². The highest BCUT2D eigenvalue weighted by atomic mass is 32.2. The number of anilines is 1. The smallest absolute Gasteiger partial charge is 0.264 e. The monoisotopic (exact) mass is 429 g/mol. The molecule has 3 aromatic carbocycles. The molecule has 0 radical (unpaired) electrons. The minimum Gasteiger partial charge on any atom is -0.475 e. The van der Waals surface area contributed by atoms with E-state index in [9.17, 15) is 8.42 Å². The van der Waals surface area contributed by atoms with Gasteiger partial charge in [-0.15, -0.1) is 0 Å². The Morgan fingerprint density at radius 3 is 2.52 bits per heavy atom. The van der Waals surface area contributed by atoms with Crippen molar-refractivity contribution in [1.29, 1.82) is 0 Å². The molecule has 0 saturated carbocycles. The molecule has 0 amide bonds. The Balaban J connectivity index is 1.50. The van der Waals surface area contributed by atoms with Crippen molar-refractivity contribution in [2.45, 2.75) is 10.9 Å². The first-order chi connectivity index (χ1) is 15.1. The number of ether oxygens (including phenoxy) is 1. The molecule has 2 heterocycles. The van der Waals surface area contributed by atoms with Crippen molar-refractivity contribution >= 4 is 32.5 Å². The average molecular weight is 430 g/mol. The molecule has 0 aliphatic carbocycles. The summed E-state index contributed by atoms with van der Waals surface area (Å²) in [7, 11) is -3.88. The van der Waals surface area contributed by atoms with E-state index >= 15 is 0 Å². The quantitative estimate of drug-likeness (QED) is 0.505. The summed E-state index contributed by atoms with van der Waals surface area (Å²) in [6.45, 7) is 0.410. The molecule has 1 aliphatic heterocycles. The van der Waals surface area contributed by atoms with E-state index in [4.69, 9.17) is 4.74 Å². The largest absolute Gasteiger partial charge is 0.475 e. The Hall–Kier alpha value is -3.71. The van der Waals surface area contributed by atoms with Crippen molar-refractivity contribution in [2.24, 2.45) is 4.99 Å². The lowest BCUT2D eigenvalue weighted by Gasteiger charge is -2.13. The van der Waals surface area contributed by atoms with E-state index in [1.807, 2.05) is 48.5 Å². The Labute approximate surface area is 180 Å². The van der Waals surface area contributed by atoms with Crippen LogP contribution in [0.4, 0.5) is 5.69 Å². The highest BCUT2D eigenvalue weighted by Crippen LogP contribution is 2.29. The van der Waals surface area contributed by atoms with E-state index in [1.165, 1.54) is 0 Å². The highest BCUT2D eigenvalue weighted by molar-refractivity contribution is 7.93. The van der Waals surface area contributed by atoms with Crippen LogP contribution < -0.4 is 4.72 Å². The maximum absolute atomic E-state index is 13.2. The molecule has 6 nitrogen and oxygen atoms in total. The highest BCUT2D eigenvalue weighted by Gasteiger charge is 2.25. The van der Waals surface area contributed by atoms with Gasteiger partial charge in [-0.1, -0.05) is 60.7 Å². The van der Waals surface area contributed by atoms with Crippen LogP contribution in [0.3, 0.4) is 0 Å². The number of pyridine rings is 1. The molecule has 1 N–H and O–H groups in total. The molecule has 0 bridgehead atoms. The van der Waals surface area contributed by atoms with Crippen LogP contribution >= 0.6 is 0 Å². The third-order valence-corrected chi connectivity index (χ3v) is 6.52. The van der Waals surface area contributed by atoms with E-state index in [-0.39, 0.29) is 10.9 Å². The summed E-state index contributed by atoms with van der Waals surface area (Å²) in [5.41, 5.74) is 2.48. The van der Waals surface area contributed by atoms with E-state index in [0.29, 0.717) is 29.3 Å². The number of nitrogens with zero attached hydrogens (tertiary/aromatic N) is 2. The summed E-state index contributed by atoms with van der Waals surface area (Å²) < 4.78 is 35.0. The molecule has 0 spiro atoms. The zero-order valence-corrected chi connectivity index (χ0v) is 17.3. The number of fused-ring (bicyclic) bond motifs is 1. The summed E-state index contributed by atoms with van der Waals surface area (Å²) in [5, 5.41) is 0.757. The molecule has 4 aromatic rings. The van der Waals surface area contributed by atoms with Crippen LogP contribution in [0.1, 0.15) is 17.2 Å². The van der Waals surface area contributed by atoms with Gasteiger partial charge in [0.15, 0.2) is 0 Å². The minimum atomic E-state index is -3.88. The normalized spacial score (nSPS) is 16.0. The first-order valence-electron chi connectivity index (χ1n) is 9.83. The van der Waals surface area contributed by atoms with Gasteiger partial charge in [-0.25, -0.2) is 13.4 Å². The maximum Gasteiger partial charge on any atom is 0.264 e. The molecule has 31 heavy (non-hydrogen) atoms. The number of aromatic nitrogens is 1. The molecular weight excluding hydrogens is 410 g/mol. The van der Waals surface area contributed by atoms with Crippen molar-refractivity contribution in [3.05, 3.63) is 102 Å². The van der Waals surface area contributed by atoms with Gasteiger partial charge >= 0.3 is 0 Å². The summed E-state index contributed by atoms with van der Waals surface area (Å²) >= 11 is 0. The fraction of sp³-hybridized carbons (Fsp3) is 0.0833. The predicted molar refractivity (Wildman–Crippen MR) is 121 cm³/mol. The second-order valence-electron chi connectivity index (χ2n) is 7.15. The van der Waals surface area contributed by atoms with Crippen LogP contribution in [0.25, 0.3) is 10.9 Å². The van der Waals surface area contributed by atoms with Crippen molar-refractivity contribution in [3.63, 3.8) is 0 Å². The Kier molecular flexibility index (Phi) is 4.88. The summed E-state index contributed by atoms with van der Waals surface area (Å²) in [6.07, 6.45) is 1.58. The number of aliphatic imine (C=N–C) groups is 1. The molecule has 1 aliphatic rings. The number of rotatable bonds is 5. The van der Waals surface area contributed by atoms with E-state index in [1.54, 1.807) is 42.6 Å². The molecule has 0 saturated heterocycles. The third kappa shape index (κ3) is 3.75. The standard InChI is InChI=1S/C24H19N3O3S/c28-31(29,22-14-6-10-18-11-7-15-25-23(18)22)27-20-13-5-4-12-19(20)24-26-21(16-30-24)17-8-2-1-3-9-17/h1-15,21,27H,16H2/t21-/m0/s1. The van der Waals surface area contributed by atoms with Gasteiger partial charge in [0.1, 0.15) is 17.5 Å². The van der Waals surface area contributed by atoms with Gasteiger partial charge in [0.2, 0.25) is 5.90 Å². The van der Waals surface area contributed by atoms with Crippen molar-refractivity contribution in [1.82, 2.24) is 4.98 Å². The molecule has 0 fully saturated rings. The number of hydrogen-bond donors (Lipinski definition) is 1. The van der Waals surface area contributed by atoms with Gasteiger partial charge in [0.25, 0.3) is 10.0 Å². The molecular formula is C24H19N3O3S. The van der Waals surface area contributed by atoms with Crippen LogP contribution in [0.5, 0.6) is 0 Å². The maximum atomic E-state index is 13.2. The lowest BCUT2D eigenvalue weighted by Crippen LogP contribution is -2.16. The van der Waals surface area contributed by atoms with Crippen molar-refractivity contribution in [3.8, 4) is 0 Å². The predicted octanol–water partition coefficient (Wildman–Crippen LogP) is 4.55. The minimum absolute atomic E-state index is 0.122. The fourth-order valence-corrected chi connectivity index (χ4v) is 4.88. The second kappa shape index (κ2) is 7.85. The first-order valence-corrected chi connectivity index (χ1v) is 11.3. The lowest BCUT2D eigenvalue weighted by molar-refractivity contribution is 0.320. The third-order valence-electron chi connectivity index (χ3n) is 5.12. The Morgan fingerprint density at radius 2 is 1.65 bits per heavy atom. The summed E-state index contributed by atoms with van der Waals surface area (Å²) in [4.78, 5) is 9.08. The zero-order chi connectivity index (χ0) is 21.3. The van der Waals surface area contributed by atoms with E-state index in [0.717, 1.165) is 10.9 Å².